The summed E-state index contributed by atoms with van der Waals surface area (Å²) in [6.07, 6.45) is 5.02. The number of nitrogens with one attached hydrogen (secondary N) is 1. The van der Waals surface area contributed by atoms with Crippen LogP contribution >= 0.6 is 0 Å². The molecule has 1 saturated heterocycles. The standard InChI is InChI=1S/C16H23NO/c1-13-4-2-3-5-15(13)16(8-10-18-11-9-16)12-17-14-6-7-14/h2-5,14,17H,6-12H2,1H3. The van der Waals surface area contributed by atoms with Crippen LogP contribution in [0.2, 0.25) is 0 Å². The number of ether oxygens (including phenoxy) is 1. The lowest BCUT2D eigenvalue weighted by molar-refractivity contribution is 0.0495. The third-order valence-electron chi connectivity index (χ3n) is 4.47. The minimum absolute atomic E-state index is 0.298. The van der Waals surface area contributed by atoms with E-state index >= 15 is 0 Å². The largest absolute Gasteiger partial charge is 0.381 e. The average Bonchev–Trinajstić information content (AvgIpc) is 3.22. The van der Waals surface area contributed by atoms with Crippen molar-refractivity contribution in [3.8, 4) is 0 Å². The number of benzene rings is 1. The first-order valence-electron chi connectivity index (χ1n) is 7.17. The van der Waals surface area contributed by atoms with Crippen molar-refractivity contribution in [3.05, 3.63) is 35.4 Å². The van der Waals surface area contributed by atoms with E-state index in [4.69, 9.17) is 4.74 Å². The van der Waals surface area contributed by atoms with Crippen LogP contribution in [0.15, 0.2) is 24.3 Å². The molecule has 2 fully saturated rings. The highest BCUT2D eigenvalue weighted by Gasteiger charge is 2.36. The molecule has 0 radical (unpaired) electrons. The SMILES string of the molecule is Cc1ccccc1C1(CNC2CC2)CCOCC1. The molecule has 1 saturated carbocycles. The highest BCUT2D eigenvalue weighted by atomic mass is 16.5. The smallest absolute Gasteiger partial charge is 0.0475 e. The average molecular weight is 245 g/mol. The van der Waals surface area contributed by atoms with Crippen LogP contribution in [-0.2, 0) is 10.2 Å². The molecule has 2 nitrogen and oxygen atoms in total. The quantitative estimate of drug-likeness (QED) is 0.880. The molecule has 2 heteroatoms. The summed E-state index contributed by atoms with van der Waals surface area (Å²) >= 11 is 0. The Kier molecular flexibility index (Phi) is 3.40. The molecule has 0 unspecified atom stereocenters. The molecule has 1 aliphatic heterocycles. The van der Waals surface area contributed by atoms with E-state index in [-0.39, 0.29) is 0 Å². The van der Waals surface area contributed by atoms with Crippen molar-refractivity contribution in [3.63, 3.8) is 0 Å². The zero-order chi connectivity index (χ0) is 12.4. The number of aryl methyl sites for hydroxylation is 1. The molecule has 1 heterocycles. The minimum Gasteiger partial charge on any atom is -0.381 e. The molecule has 98 valence electrons. The summed E-state index contributed by atoms with van der Waals surface area (Å²) in [6, 6.07) is 9.66. The summed E-state index contributed by atoms with van der Waals surface area (Å²) < 4.78 is 5.58. The van der Waals surface area contributed by atoms with Gasteiger partial charge in [0.2, 0.25) is 0 Å². The predicted molar refractivity (Wildman–Crippen MR) is 73.9 cm³/mol. The first-order valence-corrected chi connectivity index (χ1v) is 7.17. The summed E-state index contributed by atoms with van der Waals surface area (Å²) in [7, 11) is 0. The van der Waals surface area contributed by atoms with E-state index in [9.17, 15) is 0 Å². The third kappa shape index (κ3) is 2.45. The molecule has 0 aromatic heterocycles. The van der Waals surface area contributed by atoms with Gasteiger partial charge in [-0.25, -0.2) is 0 Å². The van der Waals surface area contributed by atoms with Gasteiger partial charge in [0.15, 0.2) is 0 Å². The summed E-state index contributed by atoms with van der Waals surface area (Å²) in [5, 5.41) is 3.74. The second-order valence-corrected chi connectivity index (χ2v) is 5.86. The summed E-state index contributed by atoms with van der Waals surface area (Å²) in [5.74, 6) is 0. The normalized spacial score (nSPS) is 22.9. The lowest BCUT2D eigenvalue weighted by atomic mass is 9.72. The summed E-state index contributed by atoms with van der Waals surface area (Å²) in [6.45, 7) is 5.16. The summed E-state index contributed by atoms with van der Waals surface area (Å²) in [5.41, 5.74) is 3.25. The second-order valence-electron chi connectivity index (χ2n) is 5.86. The van der Waals surface area contributed by atoms with Crippen LogP contribution in [0.5, 0.6) is 0 Å². The first kappa shape index (κ1) is 12.2. The first-order chi connectivity index (χ1) is 8.80. The monoisotopic (exact) mass is 245 g/mol. The van der Waals surface area contributed by atoms with Crippen LogP contribution in [0.1, 0.15) is 36.8 Å². The van der Waals surface area contributed by atoms with E-state index < -0.39 is 0 Å². The van der Waals surface area contributed by atoms with Gasteiger partial charge in [-0.15, -0.1) is 0 Å². The molecule has 0 amide bonds. The van der Waals surface area contributed by atoms with E-state index in [1.165, 1.54) is 24.0 Å². The molecule has 1 aromatic rings. The van der Waals surface area contributed by atoms with Gasteiger partial charge in [0.25, 0.3) is 0 Å². The van der Waals surface area contributed by atoms with Gasteiger partial charge >= 0.3 is 0 Å². The van der Waals surface area contributed by atoms with Crippen molar-refractivity contribution in [1.29, 1.82) is 0 Å². The van der Waals surface area contributed by atoms with Gasteiger partial charge in [-0.2, -0.15) is 0 Å². The molecular weight excluding hydrogens is 222 g/mol. The van der Waals surface area contributed by atoms with Crippen molar-refractivity contribution in [2.75, 3.05) is 19.8 Å². The van der Waals surface area contributed by atoms with Gasteiger partial charge in [-0.1, -0.05) is 24.3 Å². The molecule has 1 aromatic carbocycles. The van der Waals surface area contributed by atoms with Gasteiger partial charge in [-0.05, 0) is 43.7 Å². The highest BCUT2D eigenvalue weighted by molar-refractivity contribution is 5.34. The Labute approximate surface area is 110 Å². The van der Waals surface area contributed by atoms with Crippen molar-refractivity contribution < 1.29 is 4.74 Å². The Morgan fingerprint density at radius 1 is 1.22 bits per heavy atom. The van der Waals surface area contributed by atoms with Crippen LogP contribution in [0.4, 0.5) is 0 Å². The number of hydrogen-bond donors (Lipinski definition) is 1. The molecule has 0 bridgehead atoms. The fourth-order valence-corrected chi connectivity index (χ4v) is 3.10. The Bertz CT molecular complexity index is 405. The maximum absolute atomic E-state index is 5.58. The summed E-state index contributed by atoms with van der Waals surface area (Å²) in [4.78, 5) is 0. The van der Waals surface area contributed by atoms with E-state index in [2.05, 4.69) is 36.5 Å². The van der Waals surface area contributed by atoms with Crippen molar-refractivity contribution in [2.24, 2.45) is 0 Å². The molecule has 0 atom stereocenters. The van der Waals surface area contributed by atoms with Gasteiger partial charge in [-0.3, -0.25) is 0 Å². The van der Waals surface area contributed by atoms with Crippen LogP contribution in [0, 0.1) is 6.92 Å². The zero-order valence-electron chi connectivity index (χ0n) is 11.2. The molecule has 1 aliphatic carbocycles. The van der Waals surface area contributed by atoms with Crippen LogP contribution < -0.4 is 5.32 Å². The fourth-order valence-electron chi connectivity index (χ4n) is 3.10. The van der Waals surface area contributed by atoms with Gasteiger partial charge in [0, 0.05) is 31.2 Å². The Balaban J connectivity index is 1.85. The number of rotatable bonds is 4. The molecule has 0 spiro atoms. The van der Waals surface area contributed by atoms with E-state index in [0.717, 1.165) is 38.6 Å². The second kappa shape index (κ2) is 5.02. The van der Waals surface area contributed by atoms with E-state index in [1.807, 2.05) is 0 Å². The van der Waals surface area contributed by atoms with E-state index in [1.54, 1.807) is 0 Å². The molecule has 18 heavy (non-hydrogen) atoms. The highest BCUT2D eigenvalue weighted by Crippen LogP contribution is 2.36. The van der Waals surface area contributed by atoms with Crippen LogP contribution in [-0.4, -0.2) is 25.8 Å². The Hall–Kier alpha value is -0.860. The lowest BCUT2D eigenvalue weighted by Crippen LogP contribution is -2.43. The van der Waals surface area contributed by atoms with Gasteiger partial charge in [0.1, 0.15) is 0 Å². The lowest BCUT2D eigenvalue weighted by Gasteiger charge is -2.39. The van der Waals surface area contributed by atoms with Crippen molar-refractivity contribution in [1.82, 2.24) is 5.32 Å². The molecule has 1 N–H and O–H groups in total. The minimum atomic E-state index is 0.298. The molecule has 3 rings (SSSR count). The topological polar surface area (TPSA) is 21.3 Å². The fraction of sp³-hybridized carbons (Fsp3) is 0.625. The molecular formula is C16H23NO. The maximum Gasteiger partial charge on any atom is 0.0475 e. The Morgan fingerprint density at radius 2 is 1.94 bits per heavy atom. The Morgan fingerprint density at radius 3 is 2.61 bits per heavy atom. The van der Waals surface area contributed by atoms with Crippen molar-refractivity contribution in [2.45, 2.75) is 44.1 Å². The third-order valence-corrected chi connectivity index (χ3v) is 4.47. The van der Waals surface area contributed by atoms with Gasteiger partial charge in [0.05, 0.1) is 0 Å². The zero-order valence-corrected chi connectivity index (χ0v) is 11.2. The number of hydrogen-bond acceptors (Lipinski definition) is 2. The predicted octanol–water partition coefficient (Wildman–Crippen LogP) is 2.80. The van der Waals surface area contributed by atoms with Crippen molar-refractivity contribution >= 4 is 0 Å². The molecule has 2 aliphatic rings. The van der Waals surface area contributed by atoms with Crippen LogP contribution in [0.3, 0.4) is 0 Å². The maximum atomic E-state index is 5.58. The van der Waals surface area contributed by atoms with Crippen LogP contribution in [0.25, 0.3) is 0 Å². The van der Waals surface area contributed by atoms with E-state index in [0.29, 0.717) is 5.41 Å². The van der Waals surface area contributed by atoms with Gasteiger partial charge < -0.3 is 10.1 Å².